The largest absolute Gasteiger partial charge is 0.371 e. The van der Waals surface area contributed by atoms with E-state index >= 15 is 0 Å². The second-order valence-electron chi connectivity index (χ2n) is 6.12. The Kier molecular flexibility index (Phi) is 3.50. The number of thiocarbonyl (C=S) groups is 1. The van der Waals surface area contributed by atoms with E-state index in [2.05, 4.69) is 23.1 Å². The Labute approximate surface area is 140 Å². The molecule has 1 aromatic rings. The molecule has 0 aromatic heterocycles. The molecule has 4 rings (SSSR count). The number of rotatable bonds is 1. The molecule has 1 aromatic carbocycles. The number of aryl methyl sites for hydroxylation is 2. The maximum atomic E-state index is 11.7. The molecule has 3 nitrogen and oxygen atoms in total. The summed E-state index contributed by atoms with van der Waals surface area (Å²) >= 11 is 6.60. The van der Waals surface area contributed by atoms with Crippen molar-refractivity contribution in [2.24, 2.45) is 0 Å². The summed E-state index contributed by atoms with van der Waals surface area (Å²) < 4.78 is 0. The van der Waals surface area contributed by atoms with E-state index in [1.807, 2.05) is 0 Å². The Morgan fingerprint density at radius 2 is 1.82 bits per heavy atom. The van der Waals surface area contributed by atoms with Crippen molar-refractivity contribution in [2.75, 3.05) is 25.0 Å². The topological polar surface area (TPSA) is 23.6 Å². The van der Waals surface area contributed by atoms with E-state index in [0.717, 1.165) is 17.7 Å². The lowest BCUT2D eigenvalue weighted by Gasteiger charge is -2.37. The first-order valence-corrected chi connectivity index (χ1v) is 8.98. The van der Waals surface area contributed by atoms with Gasteiger partial charge in [-0.15, -0.1) is 0 Å². The highest BCUT2D eigenvalue weighted by molar-refractivity contribution is 8.19. The third-order valence-corrected chi connectivity index (χ3v) is 6.24. The minimum Gasteiger partial charge on any atom is -0.371 e. The van der Waals surface area contributed by atoms with Gasteiger partial charge in [0.1, 0.15) is 4.99 Å². The van der Waals surface area contributed by atoms with Gasteiger partial charge in [0.2, 0.25) is 0 Å². The minimum atomic E-state index is 0.0155. The van der Waals surface area contributed by atoms with Gasteiger partial charge in [0.05, 0.1) is 4.91 Å². The van der Waals surface area contributed by atoms with Gasteiger partial charge in [-0.1, -0.05) is 12.2 Å². The molecule has 22 heavy (non-hydrogen) atoms. The van der Waals surface area contributed by atoms with Crippen molar-refractivity contribution in [3.05, 3.63) is 33.7 Å². The van der Waals surface area contributed by atoms with Gasteiger partial charge < -0.3 is 4.90 Å². The number of hydrogen-bond acceptors (Lipinski definition) is 4. The van der Waals surface area contributed by atoms with E-state index < -0.39 is 0 Å². The highest BCUT2D eigenvalue weighted by atomic mass is 32.2. The van der Waals surface area contributed by atoms with Crippen LogP contribution in [0.4, 0.5) is 10.5 Å². The second kappa shape index (κ2) is 5.39. The van der Waals surface area contributed by atoms with Gasteiger partial charge in [0, 0.05) is 25.8 Å². The van der Waals surface area contributed by atoms with Crippen LogP contribution in [0.5, 0.6) is 0 Å². The van der Waals surface area contributed by atoms with Crippen LogP contribution in [-0.2, 0) is 12.8 Å². The Balaban J connectivity index is 1.75. The number of carbonyl (C=O) groups is 1. The summed E-state index contributed by atoms with van der Waals surface area (Å²) in [6.45, 7) is 2.39. The third kappa shape index (κ3) is 2.27. The summed E-state index contributed by atoms with van der Waals surface area (Å²) in [5.41, 5.74) is 5.59. The van der Waals surface area contributed by atoms with Gasteiger partial charge in [0.15, 0.2) is 0 Å². The summed E-state index contributed by atoms with van der Waals surface area (Å²) in [5.74, 6) is 0. The number of benzene rings is 1. The van der Waals surface area contributed by atoms with Crippen LogP contribution in [0.2, 0.25) is 0 Å². The van der Waals surface area contributed by atoms with Crippen LogP contribution in [0, 0.1) is 0 Å². The molecule has 0 spiro atoms. The maximum Gasteiger partial charge on any atom is 0.291 e. The average molecular weight is 330 g/mol. The molecule has 5 heteroatoms. The van der Waals surface area contributed by atoms with Crippen LogP contribution in [0.3, 0.4) is 0 Å². The second-order valence-corrected chi connectivity index (χ2v) is 7.50. The molecule has 3 heterocycles. The van der Waals surface area contributed by atoms with Gasteiger partial charge in [-0.3, -0.25) is 9.69 Å². The number of amides is 1. The predicted molar refractivity (Wildman–Crippen MR) is 96.6 cm³/mol. The zero-order valence-electron chi connectivity index (χ0n) is 12.6. The lowest BCUT2D eigenvalue weighted by Crippen LogP contribution is -2.34. The van der Waals surface area contributed by atoms with Crippen LogP contribution in [0.15, 0.2) is 17.0 Å². The maximum absolute atomic E-state index is 11.7. The molecule has 1 amide bonds. The smallest absolute Gasteiger partial charge is 0.291 e. The summed E-state index contributed by atoms with van der Waals surface area (Å²) in [4.78, 5) is 17.4. The number of nitrogens with zero attached hydrogens (tertiary/aromatic N) is 2. The molecule has 0 N–H and O–H groups in total. The molecule has 1 fully saturated rings. The first-order valence-electron chi connectivity index (χ1n) is 7.76. The first kappa shape index (κ1) is 14.3. The van der Waals surface area contributed by atoms with Gasteiger partial charge in [-0.25, -0.2) is 0 Å². The number of hydrogen-bond donors (Lipinski definition) is 0. The van der Waals surface area contributed by atoms with Crippen molar-refractivity contribution in [1.29, 1.82) is 0 Å². The molecule has 3 aliphatic heterocycles. The van der Waals surface area contributed by atoms with Crippen molar-refractivity contribution < 1.29 is 4.79 Å². The van der Waals surface area contributed by atoms with Gasteiger partial charge in [-0.05, 0) is 72.3 Å². The standard InChI is InChI=1S/C17H18N2OS2/c1-18-16(21)14(22-17(18)20)10-11-8-12-4-2-6-19-7-3-5-13(9-11)15(12)19/h8-10H,2-7H2,1H3/b14-10-. The number of thioether (sulfide) groups is 1. The van der Waals surface area contributed by atoms with E-state index in [0.29, 0.717) is 4.99 Å². The summed E-state index contributed by atoms with van der Waals surface area (Å²) in [5, 5.41) is 0.0155. The Bertz CT molecular complexity index is 680. The van der Waals surface area contributed by atoms with E-state index in [1.54, 1.807) is 11.9 Å². The molecule has 0 unspecified atom stereocenters. The van der Waals surface area contributed by atoms with E-state index in [4.69, 9.17) is 12.2 Å². The summed E-state index contributed by atoms with van der Waals surface area (Å²) in [7, 11) is 1.74. The van der Waals surface area contributed by atoms with Crippen LogP contribution in [0.1, 0.15) is 29.5 Å². The van der Waals surface area contributed by atoms with Crippen LogP contribution in [-0.4, -0.2) is 35.3 Å². The van der Waals surface area contributed by atoms with Gasteiger partial charge in [-0.2, -0.15) is 0 Å². The molecule has 0 bridgehead atoms. The molecule has 114 valence electrons. The Hall–Kier alpha value is -1.33. The Morgan fingerprint density at radius 3 is 2.36 bits per heavy atom. The molecular formula is C17H18N2OS2. The summed E-state index contributed by atoms with van der Waals surface area (Å²) in [6, 6.07) is 4.57. The highest BCUT2D eigenvalue weighted by Gasteiger charge is 2.29. The fraction of sp³-hybridized carbons (Fsp3) is 0.412. The molecule has 0 atom stereocenters. The first-order chi connectivity index (χ1) is 10.6. The van der Waals surface area contributed by atoms with Gasteiger partial charge in [0.25, 0.3) is 5.24 Å². The fourth-order valence-corrected chi connectivity index (χ4v) is 4.77. The highest BCUT2D eigenvalue weighted by Crippen LogP contribution is 2.38. The molecule has 0 saturated carbocycles. The molecule has 0 aliphatic carbocycles. The lowest BCUT2D eigenvalue weighted by atomic mass is 9.90. The molecule has 0 radical (unpaired) electrons. The van der Waals surface area contributed by atoms with Crippen molar-refractivity contribution >= 4 is 46.0 Å². The molecule has 3 aliphatic rings. The predicted octanol–water partition coefficient (Wildman–Crippen LogP) is 3.85. The van der Waals surface area contributed by atoms with Crippen molar-refractivity contribution in [3.8, 4) is 0 Å². The van der Waals surface area contributed by atoms with E-state index in [9.17, 15) is 4.79 Å². The quantitative estimate of drug-likeness (QED) is 0.576. The van der Waals surface area contributed by atoms with E-state index in [-0.39, 0.29) is 5.24 Å². The SMILES string of the molecule is CN1C(=O)S/C(=C\c2cc3c4c(c2)CCCN4CCC3)C1=S. The number of anilines is 1. The molecular weight excluding hydrogens is 312 g/mol. The van der Waals surface area contributed by atoms with Crippen molar-refractivity contribution in [1.82, 2.24) is 4.90 Å². The fourth-order valence-electron chi connectivity index (χ4n) is 3.61. The van der Waals surface area contributed by atoms with Crippen molar-refractivity contribution in [2.45, 2.75) is 25.7 Å². The average Bonchev–Trinajstić information content (AvgIpc) is 2.75. The normalized spacial score (nSPS) is 22.5. The van der Waals surface area contributed by atoms with Gasteiger partial charge >= 0.3 is 0 Å². The Morgan fingerprint density at radius 1 is 1.18 bits per heavy atom. The monoisotopic (exact) mass is 330 g/mol. The zero-order chi connectivity index (χ0) is 15.3. The number of likely N-dealkylation sites (N-methyl/N-ethyl adjacent to an activating group) is 1. The minimum absolute atomic E-state index is 0.0155. The third-order valence-electron chi connectivity index (χ3n) is 4.64. The molecule has 1 saturated heterocycles. The van der Waals surface area contributed by atoms with Crippen LogP contribution >= 0.6 is 24.0 Å². The van der Waals surface area contributed by atoms with Crippen LogP contribution in [0.25, 0.3) is 6.08 Å². The summed E-state index contributed by atoms with van der Waals surface area (Å²) in [6.07, 6.45) is 6.87. The zero-order valence-corrected chi connectivity index (χ0v) is 14.2. The van der Waals surface area contributed by atoms with E-state index in [1.165, 1.54) is 60.1 Å². The van der Waals surface area contributed by atoms with Crippen molar-refractivity contribution in [3.63, 3.8) is 0 Å². The lowest BCUT2D eigenvalue weighted by molar-refractivity contribution is 0.250. The van der Waals surface area contributed by atoms with Crippen LogP contribution < -0.4 is 4.90 Å². The number of carbonyl (C=O) groups excluding carboxylic acids is 1.